The second kappa shape index (κ2) is 8.78. The summed E-state index contributed by atoms with van der Waals surface area (Å²) >= 11 is 0. The minimum absolute atomic E-state index is 0.144. The Labute approximate surface area is 176 Å². The normalized spacial score (nSPS) is 10.7. The van der Waals surface area contributed by atoms with Crippen molar-refractivity contribution in [2.24, 2.45) is 0 Å². The van der Waals surface area contributed by atoms with Gasteiger partial charge in [0, 0.05) is 16.6 Å². The van der Waals surface area contributed by atoms with Crippen molar-refractivity contribution < 1.29 is 9.53 Å². The first-order valence-electron chi connectivity index (χ1n) is 10.2. The predicted octanol–water partition coefficient (Wildman–Crippen LogP) is 6.12. The molecule has 0 spiro atoms. The Morgan fingerprint density at radius 3 is 2.50 bits per heavy atom. The van der Waals surface area contributed by atoms with E-state index >= 15 is 0 Å². The molecule has 4 aromatic rings. The van der Waals surface area contributed by atoms with Crippen LogP contribution in [-0.2, 0) is 6.42 Å². The Balaban J connectivity index is 1.73. The van der Waals surface area contributed by atoms with Gasteiger partial charge in [0.2, 0.25) is 0 Å². The molecule has 0 unspecified atom stereocenters. The molecule has 0 aliphatic rings. The standard InChI is InChI=1S/C26H24N2O2/c1-3-18-8-7-9-20(16-18)27-26(29)23-17-25(28-24-11-6-5-10-22(23)24)19-12-14-21(15-13-19)30-4-2/h5-17H,3-4H2,1-2H3,(H,27,29). The number of amides is 1. The molecule has 0 aliphatic heterocycles. The van der Waals surface area contributed by atoms with Crippen LogP contribution in [-0.4, -0.2) is 17.5 Å². The first-order valence-corrected chi connectivity index (χ1v) is 10.2. The summed E-state index contributed by atoms with van der Waals surface area (Å²) in [5.41, 5.74) is 5.06. The van der Waals surface area contributed by atoms with Crippen molar-refractivity contribution in [2.45, 2.75) is 20.3 Å². The van der Waals surface area contributed by atoms with E-state index in [4.69, 9.17) is 9.72 Å². The third-order valence-electron chi connectivity index (χ3n) is 5.01. The largest absolute Gasteiger partial charge is 0.494 e. The van der Waals surface area contributed by atoms with Gasteiger partial charge in [0.1, 0.15) is 5.75 Å². The highest BCUT2D eigenvalue weighted by Gasteiger charge is 2.14. The number of aromatic nitrogens is 1. The number of nitrogens with zero attached hydrogens (tertiary/aromatic N) is 1. The number of fused-ring (bicyclic) bond motifs is 1. The number of carbonyl (C=O) groups is 1. The van der Waals surface area contributed by atoms with Crippen molar-refractivity contribution >= 4 is 22.5 Å². The molecule has 0 atom stereocenters. The lowest BCUT2D eigenvalue weighted by Gasteiger charge is -2.12. The number of carbonyl (C=O) groups excluding carboxylic acids is 1. The van der Waals surface area contributed by atoms with E-state index in [1.165, 1.54) is 5.56 Å². The minimum atomic E-state index is -0.144. The molecule has 150 valence electrons. The van der Waals surface area contributed by atoms with E-state index < -0.39 is 0 Å². The topological polar surface area (TPSA) is 51.2 Å². The fraction of sp³-hybridized carbons (Fsp3) is 0.154. The lowest BCUT2D eigenvalue weighted by atomic mass is 10.0. The Morgan fingerprint density at radius 1 is 0.933 bits per heavy atom. The first kappa shape index (κ1) is 19.6. The molecule has 0 aliphatic carbocycles. The molecule has 4 heteroatoms. The number of para-hydroxylation sites is 1. The fourth-order valence-corrected chi connectivity index (χ4v) is 3.47. The summed E-state index contributed by atoms with van der Waals surface area (Å²) in [6.07, 6.45) is 0.920. The number of anilines is 1. The fourth-order valence-electron chi connectivity index (χ4n) is 3.47. The second-order valence-electron chi connectivity index (χ2n) is 7.04. The van der Waals surface area contributed by atoms with Crippen LogP contribution in [0.15, 0.2) is 78.9 Å². The maximum absolute atomic E-state index is 13.2. The maximum atomic E-state index is 13.2. The summed E-state index contributed by atoms with van der Waals surface area (Å²) < 4.78 is 5.53. The van der Waals surface area contributed by atoms with Crippen molar-refractivity contribution in [3.05, 3.63) is 90.0 Å². The van der Waals surface area contributed by atoms with E-state index in [0.717, 1.165) is 40.0 Å². The molecule has 1 aromatic heterocycles. The second-order valence-corrected chi connectivity index (χ2v) is 7.04. The number of nitrogens with one attached hydrogen (secondary N) is 1. The zero-order chi connectivity index (χ0) is 20.9. The third kappa shape index (κ3) is 4.18. The Morgan fingerprint density at radius 2 is 1.73 bits per heavy atom. The summed E-state index contributed by atoms with van der Waals surface area (Å²) in [6, 6.07) is 25.3. The van der Waals surface area contributed by atoms with Crippen molar-refractivity contribution in [1.29, 1.82) is 0 Å². The van der Waals surface area contributed by atoms with Crippen LogP contribution in [0.3, 0.4) is 0 Å². The highest BCUT2D eigenvalue weighted by molar-refractivity contribution is 6.13. The molecule has 0 saturated carbocycles. The van der Waals surface area contributed by atoms with Crippen molar-refractivity contribution in [2.75, 3.05) is 11.9 Å². The number of hydrogen-bond acceptors (Lipinski definition) is 3. The lowest BCUT2D eigenvalue weighted by Crippen LogP contribution is -2.13. The molecule has 0 bridgehead atoms. The van der Waals surface area contributed by atoms with Gasteiger partial charge in [-0.25, -0.2) is 4.98 Å². The molecule has 3 aromatic carbocycles. The van der Waals surface area contributed by atoms with E-state index in [9.17, 15) is 4.79 Å². The van der Waals surface area contributed by atoms with E-state index in [1.807, 2.05) is 79.7 Å². The maximum Gasteiger partial charge on any atom is 0.256 e. The third-order valence-corrected chi connectivity index (χ3v) is 5.01. The summed E-state index contributed by atoms with van der Waals surface area (Å²) in [6.45, 7) is 4.68. The van der Waals surface area contributed by atoms with Gasteiger partial charge >= 0.3 is 0 Å². The SMILES string of the molecule is CCOc1ccc(-c2cc(C(=O)Nc3cccc(CC)c3)c3ccccc3n2)cc1. The van der Waals surface area contributed by atoms with E-state index in [0.29, 0.717) is 12.2 Å². The average molecular weight is 396 g/mol. The summed E-state index contributed by atoms with van der Waals surface area (Å²) in [5, 5.41) is 3.87. The van der Waals surface area contributed by atoms with Crippen molar-refractivity contribution in [1.82, 2.24) is 4.98 Å². The number of hydrogen-bond donors (Lipinski definition) is 1. The van der Waals surface area contributed by atoms with Crippen molar-refractivity contribution in [3.8, 4) is 17.0 Å². The number of ether oxygens (including phenoxy) is 1. The van der Waals surface area contributed by atoms with Gasteiger partial charge in [-0.2, -0.15) is 0 Å². The van der Waals surface area contributed by atoms with Crippen LogP contribution < -0.4 is 10.1 Å². The van der Waals surface area contributed by atoms with Crippen LogP contribution in [0.4, 0.5) is 5.69 Å². The number of rotatable bonds is 6. The summed E-state index contributed by atoms with van der Waals surface area (Å²) in [7, 11) is 0. The van der Waals surface area contributed by atoms with Gasteiger partial charge in [0.05, 0.1) is 23.4 Å². The van der Waals surface area contributed by atoms with Gasteiger partial charge in [0.25, 0.3) is 5.91 Å². The van der Waals surface area contributed by atoms with Gasteiger partial charge in [-0.15, -0.1) is 0 Å². The van der Waals surface area contributed by atoms with Crippen LogP contribution in [0.2, 0.25) is 0 Å². The van der Waals surface area contributed by atoms with Crippen LogP contribution in [0.5, 0.6) is 5.75 Å². The Hall–Kier alpha value is -3.66. The average Bonchev–Trinajstić information content (AvgIpc) is 2.79. The van der Waals surface area contributed by atoms with Gasteiger partial charge in [0.15, 0.2) is 0 Å². The molecule has 4 nitrogen and oxygen atoms in total. The predicted molar refractivity (Wildman–Crippen MR) is 122 cm³/mol. The quantitative estimate of drug-likeness (QED) is 0.427. The minimum Gasteiger partial charge on any atom is -0.494 e. The van der Waals surface area contributed by atoms with Crippen LogP contribution in [0, 0.1) is 0 Å². The van der Waals surface area contributed by atoms with E-state index in [2.05, 4.69) is 18.3 Å². The lowest BCUT2D eigenvalue weighted by molar-refractivity contribution is 0.102. The molecule has 0 saturated heterocycles. The molecular formula is C26H24N2O2. The molecule has 0 radical (unpaired) electrons. The smallest absolute Gasteiger partial charge is 0.256 e. The van der Waals surface area contributed by atoms with E-state index in [-0.39, 0.29) is 5.91 Å². The highest BCUT2D eigenvalue weighted by Crippen LogP contribution is 2.27. The van der Waals surface area contributed by atoms with Gasteiger partial charge < -0.3 is 10.1 Å². The molecule has 1 N–H and O–H groups in total. The first-order chi connectivity index (χ1) is 14.7. The van der Waals surface area contributed by atoms with Gasteiger partial charge in [-0.3, -0.25) is 4.79 Å². The van der Waals surface area contributed by atoms with Crippen LogP contribution in [0.1, 0.15) is 29.8 Å². The van der Waals surface area contributed by atoms with Crippen molar-refractivity contribution in [3.63, 3.8) is 0 Å². The molecular weight excluding hydrogens is 372 g/mol. The number of aryl methyl sites for hydroxylation is 1. The number of pyridine rings is 1. The summed E-state index contributed by atoms with van der Waals surface area (Å²) in [5.74, 6) is 0.671. The van der Waals surface area contributed by atoms with Crippen LogP contribution in [0.25, 0.3) is 22.2 Å². The number of benzene rings is 3. The monoisotopic (exact) mass is 396 g/mol. The molecule has 0 fully saturated rings. The zero-order valence-corrected chi connectivity index (χ0v) is 17.2. The molecule has 4 rings (SSSR count). The Kier molecular flexibility index (Phi) is 5.75. The van der Waals surface area contributed by atoms with Gasteiger partial charge in [-0.1, -0.05) is 37.3 Å². The van der Waals surface area contributed by atoms with Crippen LogP contribution >= 0.6 is 0 Å². The summed E-state index contributed by atoms with van der Waals surface area (Å²) in [4.78, 5) is 18.0. The molecule has 30 heavy (non-hydrogen) atoms. The van der Waals surface area contributed by atoms with Gasteiger partial charge in [-0.05, 0) is 67.4 Å². The van der Waals surface area contributed by atoms with E-state index in [1.54, 1.807) is 0 Å². The zero-order valence-electron chi connectivity index (χ0n) is 17.2. The molecule has 1 heterocycles. The molecule has 1 amide bonds. The highest BCUT2D eigenvalue weighted by atomic mass is 16.5. The Bertz CT molecular complexity index is 1180.